The molecule has 1 aromatic rings. The Labute approximate surface area is 136 Å². The molecule has 0 radical (unpaired) electrons. The zero-order valence-corrected chi connectivity index (χ0v) is 14.6. The lowest BCUT2D eigenvalue weighted by molar-refractivity contribution is 0.150. The van der Waals surface area contributed by atoms with Crippen LogP contribution in [0.2, 0.25) is 0 Å². The van der Waals surface area contributed by atoms with Gasteiger partial charge in [0.2, 0.25) is 0 Å². The molecule has 3 heteroatoms. The van der Waals surface area contributed by atoms with Crippen molar-refractivity contribution in [2.75, 3.05) is 46.4 Å². The van der Waals surface area contributed by atoms with Crippen LogP contribution in [-0.2, 0) is 0 Å². The van der Waals surface area contributed by atoms with Gasteiger partial charge in [-0.15, -0.1) is 0 Å². The molecular weight excluding hydrogens is 272 g/mol. The van der Waals surface area contributed by atoms with Gasteiger partial charge in [-0.2, -0.15) is 0 Å². The van der Waals surface area contributed by atoms with Crippen molar-refractivity contribution in [2.24, 2.45) is 0 Å². The van der Waals surface area contributed by atoms with Crippen molar-refractivity contribution in [1.82, 2.24) is 9.80 Å². The zero-order valence-electron chi connectivity index (χ0n) is 14.6. The number of nitrogens with zero attached hydrogens (tertiary/aromatic N) is 2. The van der Waals surface area contributed by atoms with Gasteiger partial charge in [-0.3, -0.25) is 0 Å². The molecule has 0 aliphatic carbocycles. The number of unbranched alkanes of at least 4 members (excludes halogenated alkanes) is 1. The van der Waals surface area contributed by atoms with Crippen LogP contribution >= 0.6 is 0 Å². The first kappa shape index (κ1) is 17.3. The van der Waals surface area contributed by atoms with Crippen LogP contribution in [0.25, 0.3) is 0 Å². The van der Waals surface area contributed by atoms with E-state index in [1.54, 1.807) is 0 Å². The summed E-state index contributed by atoms with van der Waals surface area (Å²) in [5.74, 6) is 1.64. The van der Waals surface area contributed by atoms with Gasteiger partial charge in [0, 0.05) is 26.2 Å². The second-order valence-corrected chi connectivity index (χ2v) is 6.58. The van der Waals surface area contributed by atoms with Crippen molar-refractivity contribution in [2.45, 2.75) is 39.0 Å². The Hall–Kier alpha value is -1.06. The van der Waals surface area contributed by atoms with Gasteiger partial charge in [0.25, 0.3) is 0 Å². The van der Waals surface area contributed by atoms with Crippen molar-refractivity contribution in [3.05, 3.63) is 29.8 Å². The van der Waals surface area contributed by atoms with Gasteiger partial charge in [-0.1, -0.05) is 26.0 Å². The Balaban J connectivity index is 1.58. The highest BCUT2D eigenvalue weighted by Crippen LogP contribution is 2.21. The molecule has 124 valence electrons. The van der Waals surface area contributed by atoms with E-state index in [4.69, 9.17) is 4.74 Å². The molecule has 1 saturated heterocycles. The van der Waals surface area contributed by atoms with Crippen molar-refractivity contribution >= 4 is 0 Å². The second-order valence-electron chi connectivity index (χ2n) is 6.58. The van der Waals surface area contributed by atoms with Gasteiger partial charge in [-0.25, -0.2) is 0 Å². The first-order valence-corrected chi connectivity index (χ1v) is 8.82. The number of benzene rings is 1. The molecule has 3 nitrogen and oxygen atoms in total. The summed E-state index contributed by atoms with van der Waals surface area (Å²) in [5, 5.41) is 0. The van der Waals surface area contributed by atoms with Crippen molar-refractivity contribution in [3.8, 4) is 5.75 Å². The molecule has 1 heterocycles. The predicted octanol–water partition coefficient (Wildman–Crippen LogP) is 3.61. The van der Waals surface area contributed by atoms with Gasteiger partial charge < -0.3 is 14.5 Å². The Kier molecular flexibility index (Phi) is 7.20. The lowest BCUT2D eigenvalue weighted by Gasteiger charge is -2.32. The maximum atomic E-state index is 5.85. The van der Waals surface area contributed by atoms with Crippen LogP contribution in [0.3, 0.4) is 0 Å². The highest BCUT2D eigenvalue weighted by atomic mass is 16.5. The van der Waals surface area contributed by atoms with Crippen LogP contribution in [0.5, 0.6) is 5.75 Å². The second kappa shape index (κ2) is 9.16. The van der Waals surface area contributed by atoms with Gasteiger partial charge in [0.15, 0.2) is 0 Å². The lowest BCUT2D eigenvalue weighted by atomic mass is 9.99. The fourth-order valence-electron chi connectivity index (χ4n) is 2.83. The molecule has 1 fully saturated rings. The Morgan fingerprint density at radius 3 is 2.36 bits per heavy atom. The highest BCUT2D eigenvalue weighted by Gasteiger charge is 2.12. The third-order valence-electron chi connectivity index (χ3n) is 4.79. The van der Waals surface area contributed by atoms with Gasteiger partial charge in [0.1, 0.15) is 5.75 Å². The number of piperazine rings is 1. The van der Waals surface area contributed by atoms with E-state index in [2.05, 4.69) is 55.0 Å². The molecule has 1 unspecified atom stereocenters. The fourth-order valence-corrected chi connectivity index (χ4v) is 2.83. The molecular formula is C19H32N2O. The molecule has 0 bridgehead atoms. The number of hydrogen-bond acceptors (Lipinski definition) is 3. The van der Waals surface area contributed by atoms with Crippen LogP contribution in [0.1, 0.15) is 44.6 Å². The van der Waals surface area contributed by atoms with Crippen molar-refractivity contribution in [1.29, 1.82) is 0 Å². The molecule has 0 N–H and O–H groups in total. The third-order valence-corrected chi connectivity index (χ3v) is 4.79. The van der Waals surface area contributed by atoms with Crippen LogP contribution in [0.4, 0.5) is 0 Å². The van der Waals surface area contributed by atoms with E-state index < -0.39 is 0 Å². The maximum Gasteiger partial charge on any atom is 0.119 e. The van der Waals surface area contributed by atoms with Gasteiger partial charge in [-0.05, 0) is 56.5 Å². The highest BCUT2D eigenvalue weighted by molar-refractivity contribution is 5.29. The summed E-state index contributed by atoms with van der Waals surface area (Å²) in [7, 11) is 2.21. The Bertz CT molecular complexity index is 410. The summed E-state index contributed by atoms with van der Waals surface area (Å²) >= 11 is 0. The number of hydrogen-bond donors (Lipinski definition) is 0. The maximum absolute atomic E-state index is 5.85. The molecule has 22 heavy (non-hydrogen) atoms. The van der Waals surface area contributed by atoms with E-state index in [0.29, 0.717) is 5.92 Å². The average Bonchev–Trinajstić information content (AvgIpc) is 2.56. The topological polar surface area (TPSA) is 15.7 Å². The third kappa shape index (κ3) is 5.62. The molecule has 0 spiro atoms. The zero-order chi connectivity index (χ0) is 15.8. The normalized spacial score (nSPS) is 18.3. The minimum atomic E-state index is 0.637. The number of likely N-dealkylation sites (N-methyl/N-ethyl adjacent to an activating group) is 1. The summed E-state index contributed by atoms with van der Waals surface area (Å²) < 4.78 is 5.85. The largest absolute Gasteiger partial charge is 0.494 e. The lowest BCUT2D eigenvalue weighted by Crippen LogP contribution is -2.44. The van der Waals surface area contributed by atoms with E-state index in [1.807, 2.05) is 0 Å². The van der Waals surface area contributed by atoms with Crippen molar-refractivity contribution < 1.29 is 4.74 Å². The first-order valence-electron chi connectivity index (χ1n) is 8.82. The van der Waals surface area contributed by atoms with Crippen molar-refractivity contribution in [3.63, 3.8) is 0 Å². The van der Waals surface area contributed by atoms with Gasteiger partial charge in [0.05, 0.1) is 6.61 Å². The molecule has 0 saturated carbocycles. The molecule has 0 aromatic heterocycles. The average molecular weight is 304 g/mol. The van der Waals surface area contributed by atoms with Crippen LogP contribution in [0, 0.1) is 0 Å². The van der Waals surface area contributed by atoms with E-state index >= 15 is 0 Å². The fraction of sp³-hybridized carbons (Fsp3) is 0.684. The minimum absolute atomic E-state index is 0.637. The Morgan fingerprint density at radius 2 is 1.73 bits per heavy atom. The summed E-state index contributed by atoms with van der Waals surface area (Å²) in [6.07, 6.45) is 3.56. The molecule has 1 aliphatic rings. The minimum Gasteiger partial charge on any atom is -0.494 e. The molecule has 1 atom stereocenters. The van der Waals surface area contributed by atoms with E-state index in [1.165, 1.54) is 51.1 Å². The monoisotopic (exact) mass is 304 g/mol. The molecule has 2 rings (SSSR count). The van der Waals surface area contributed by atoms with E-state index in [9.17, 15) is 0 Å². The predicted molar refractivity (Wildman–Crippen MR) is 93.8 cm³/mol. The van der Waals surface area contributed by atoms with Crippen LogP contribution in [0.15, 0.2) is 24.3 Å². The molecule has 1 aromatic carbocycles. The summed E-state index contributed by atoms with van der Waals surface area (Å²) in [5.41, 5.74) is 1.41. The smallest absolute Gasteiger partial charge is 0.119 e. The summed E-state index contributed by atoms with van der Waals surface area (Å²) in [4.78, 5) is 4.98. The summed E-state index contributed by atoms with van der Waals surface area (Å²) in [6.45, 7) is 11.4. The van der Waals surface area contributed by atoms with Crippen LogP contribution < -0.4 is 4.74 Å². The molecule has 0 amide bonds. The van der Waals surface area contributed by atoms with E-state index in [0.717, 1.165) is 18.8 Å². The SMILES string of the molecule is CCC(C)c1ccc(OCCCCN2CCN(C)CC2)cc1. The Morgan fingerprint density at radius 1 is 1.05 bits per heavy atom. The standard InChI is InChI=1S/C19H32N2O/c1-4-17(2)18-7-9-19(10-8-18)22-16-6-5-11-21-14-12-20(3)13-15-21/h7-10,17H,4-6,11-16H2,1-3H3. The van der Waals surface area contributed by atoms with Gasteiger partial charge >= 0.3 is 0 Å². The van der Waals surface area contributed by atoms with Crippen LogP contribution in [-0.4, -0.2) is 56.2 Å². The molecule has 1 aliphatic heterocycles. The number of ether oxygens (including phenoxy) is 1. The number of rotatable bonds is 8. The van der Waals surface area contributed by atoms with E-state index in [-0.39, 0.29) is 0 Å². The first-order chi connectivity index (χ1) is 10.7. The quantitative estimate of drug-likeness (QED) is 0.682. The summed E-state index contributed by atoms with van der Waals surface area (Å²) in [6, 6.07) is 8.63.